The molecule has 0 aliphatic carbocycles. The monoisotopic (exact) mass is 392 g/mol. The topological polar surface area (TPSA) is 0 Å². The molecule has 0 aromatic heterocycles. The van der Waals surface area contributed by atoms with Crippen LogP contribution < -0.4 is 0 Å². The van der Waals surface area contributed by atoms with Crippen molar-refractivity contribution in [3.8, 4) is 0 Å². The zero-order chi connectivity index (χ0) is 15.9. The molecule has 0 saturated heterocycles. The van der Waals surface area contributed by atoms with Crippen LogP contribution >= 0.6 is 0 Å². The van der Waals surface area contributed by atoms with Gasteiger partial charge in [-0.1, -0.05) is 0 Å². The van der Waals surface area contributed by atoms with Crippen molar-refractivity contribution in [3.63, 3.8) is 0 Å². The fraction of sp³-hybridized carbons (Fsp3) is 1.00. The Kier molecular flexibility index (Phi) is 6.73. The van der Waals surface area contributed by atoms with Gasteiger partial charge in [0.1, 0.15) is 0 Å². The van der Waals surface area contributed by atoms with Gasteiger partial charge in [0.05, 0.1) is 0 Å². The van der Waals surface area contributed by atoms with Crippen LogP contribution in [0.25, 0.3) is 0 Å². The third-order valence-electron chi connectivity index (χ3n) is 3.80. The molecular weight excluding hydrogens is 353 g/mol. The first-order chi connectivity index (χ1) is 7.97. The Morgan fingerprint density at radius 2 is 0.579 bits per heavy atom. The molecule has 0 saturated carbocycles. The van der Waals surface area contributed by atoms with Gasteiger partial charge in [-0.15, -0.1) is 0 Å². The van der Waals surface area contributed by atoms with Gasteiger partial charge in [0.25, 0.3) is 0 Å². The Morgan fingerprint density at radius 1 is 0.421 bits per heavy atom. The van der Waals surface area contributed by atoms with Crippen molar-refractivity contribution in [1.29, 1.82) is 0 Å². The molecule has 0 heterocycles. The van der Waals surface area contributed by atoms with Gasteiger partial charge in [0.15, 0.2) is 0 Å². The summed E-state index contributed by atoms with van der Waals surface area (Å²) in [6, 6.07) is 0. The van der Waals surface area contributed by atoms with Gasteiger partial charge in [0, 0.05) is 0 Å². The van der Waals surface area contributed by atoms with E-state index in [1.807, 2.05) is 0 Å². The summed E-state index contributed by atoms with van der Waals surface area (Å²) in [7, 11) is -3.92. The van der Waals surface area contributed by atoms with Gasteiger partial charge >= 0.3 is 134 Å². The predicted octanol–water partition coefficient (Wildman–Crippen LogP) is 5.78. The van der Waals surface area contributed by atoms with Crippen LogP contribution in [-0.2, 0) is 0 Å². The number of hydrogen-bond acceptors (Lipinski definition) is 0. The fourth-order valence-corrected chi connectivity index (χ4v) is 46.8. The molecule has 0 nitrogen and oxygen atoms in total. The first kappa shape index (κ1) is 20.4. The summed E-state index contributed by atoms with van der Waals surface area (Å²) in [5.74, 6) is 0. The van der Waals surface area contributed by atoms with E-state index >= 15 is 0 Å². The molecule has 0 unspecified atom stereocenters. The molecule has 114 valence electrons. The molecule has 19 heavy (non-hydrogen) atoms. The van der Waals surface area contributed by atoms with E-state index in [1.54, 1.807) is 0 Å². The van der Waals surface area contributed by atoms with E-state index in [2.05, 4.69) is 78.6 Å². The Hall–Kier alpha value is 1.41. The number of rotatable bonds is 6. The van der Waals surface area contributed by atoms with Crippen LogP contribution in [-0.4, -0.2) is 47.7 Å². The second-order valence-electron chi connectivity index (χ2n) is 10.5. The summed E-state index contributed by atoms with van der Waals surface area (Å²) in [6.45, 7) is 31.7. The quantitative estimate of drug-likeness (QED) is 0.504. The van der Waals surface area contributed by atoms with E-state index in [1.165, 1.54) is 7.99 Å². The second-order valence-corrected chi connectivity index (χ2v) is 40.9. The normalized spacial score (nSPS) is 15.5. The van der Waals surface area contributed by atoms with Crippen LogP contribution in [0.1, 0.15) is 0 Å². The van der Waals surface area contributed by atoms with E-state index in [-0.39, 0.29) is 15.4 Å². The van der Waals surface area contributed by atoms with E-state index < -0.39 is 32.3 Å². The van der Waals surface area contributed by atoms with E-state index in [9.17, 15) is 0 Å². The van der Waals surface area contributed by atoms with Crippen LogP contribution in [0.5, 0.6) is 0 Å². The van der Waals surface area contributed by atoms with Crippen molar-refractivity contribution in [2.45, 2.75) is 86.6 Å². The minimum atomic E-state index is -0.981. The summed E-state index contributed by atoms with van der Waals surface area (Å²) in [5.41, 5.74) is 0. The summed E-state index contributed by atoms with van der Waals surface area (Å²) in [5, 5.41) is 0. The van der Waals surface area contributed by atoms with Crippen LogP contribution in [0.15, 0.2) is 0 Å². The third-order valence-corrected chi connectivity index (χ3v) is 47.8. The summed E-state index contributed by atoms with van der Waals surface area (Å²) in [4.78, 5) is 0. The van der Waals surface area contributed by atoms with Crippen molar-refractivity contribution in [1.82, 2.24) is 0 Å². The molecule has 0 atom stereocenters. The maximum atomic E-state index is 2.64. The van der Waals surface area contributed by atoms with Crippen LogP contribution in [0.3, 0.4) is 0 Å². The molecule has 0 rings (SSSR count). The van der Waals surface area contributed by atoms with Crippen LogP contribution in [0.2, 0.25) is 86.6 Å². The summed E-state index contributed by atoms with van der Waals surface area (Å²) >= 11 is 0.219. The third kappa shape index (κ3) is 6.80. The summed E-state index contributed by atoms with van der Waals surface area (Å²) < 4.78 is 2.42. The van der Waals surface area contributed by atoms with Crippen molar-refractivity contribution < 1.29 is 0 Å². The van der Waals surface area contributed by atoms with E-state index in [0.29, 0.717) is 0 Å². The zero-order valence-electron chi connectivity index (χ0n) is 15.7. The van der Waals surface area contributed by atoms with Crippen LogP contribution in [0.4, 0.5) is 0 Å². The second kappa shape index (κ2) is 6.26. The van der Waals surface area contributed by atoms with Gasteiger partial charge < -0.3 is 0 Å². The fourth-order valence-electron chi connectivity index (χ4n) is 3.76. The molecule has 0 aliphatic heterocycles. The first-order valence-electron chi connectivity index (χ1n) is 7.73. The number of hydrogen-bond donors (Lipinski definition) is 0. The first-order valence-corrected chi connectivity index (χ1v) is 24.5. The molecule has 0 bridgehead atoms. The van der Waals surface area contributed by atoms with Gasteiger partial charge in [-0.3, -0.25) is 0 Å². The molecule has 0 spiro atoms. The van der Waals surface area contributed by atoms with Gasteiger partial charge in [-0.05, 0) is 0 Å². The SMILES string of the molecule is C[Si](C)(C)[CH]([Ge][CH]([Si](C)(C)C)[Si](C)(C)C)[Si](C)(C)C. The Bertz CT molecular complexity index is 231. The molecule has 2 radical (unpaired) electrons. The molecule has 0 aliphatic rings. The predicted molar refractivity (Wildman–Crippen MR) is 107 cm³/mol. The van der Waals surface area contributed by atoms with Crippen molar-refractivity contribution in [2.24, 2.45) is 0 Å². The van der Waals surface area contributed by atoms with Gasteiger partial charge in [0.2, 0.25) is 0 Å². The minimum absolute atomic E-state index is 0.219. The Balaban J connectivity index is 5.43. The summed E-state index contributed by atoms with van der Waals surface area (Å²) in [6.07, 6.45) is 0. The molecule has 0 N–H and O–H groups in total. The Morgan fingerprint density at radius 3 is 0.684 bits per heavy atom. The van der Waals surface area contributed by atoms with Gasteiger partial charge in [-0.25, -0.2) is 0 Å². The average Bonchev–Trinajstić information content (AvgIpc) is 1.91. The standard InChI is InChI=1S/C14H38GeSi4/c1-16(2,3)13(17(4,5)6)15-14(18(7,8)9)19(10,11)12/h13-14H,1-12H3. The van der Waals surface area contributed by atoms with Crippen molar-refractivity contribution in [2.75, 3.05) is 0 Å². The zero-order valence-corrected chi connectivity index (χ0v) is 21.8. The van der Waals surface area contributed by atoms with E-state index in [4.69, 9.17) is 0 Å². The molecular formula is C14H38GeSi4. The van der Waals surface area contributed by atoms with Crippen molar-refractivity contribution >= 4 is 47.7 Å². The molecule has 0 aromatic carbocycles. The maximum absolute atomic E-state index is 2.64. The molecule has 0 aromatic rings. The average molecular weight is 391 g/mol. The van der Waals surface area contributed by atoms with E-state index in [0.717, 1.165) is 0 Å². The molecule has 5 heteroatoms. The van der Waals surface area contributed by atoms with Gasteiger partial charge in [-0.2, -0.15) is 0 Å². The Labute approximate surface area is 134 Å². The molecule has 0 amide bonds. The van der Waals surface area contributed by atoms with Crippen molar-refractivity contribution in [3.05, 3.63) is 0 Å². The molecule has 0 fully saturated rings. The van der Waals surface area contributed by atoms with Crippen LogP contribution in [0, 0.1) is 0 Å².